The minimum Gasteiger partial charge on any atom is -0.496 e. The van der Waals surface area contributed by atoms with Gasteiger partial charge in [-0.1, -0.05) is 12.2 Å². The van der Waals surface area contributed by atoms with Crippen LogP contribution in [-0.2, 0) is 0 Å². The van der Waals surface area contributed by atoms with Gasteiger partial charge >= 0.3 is 0 Å². The number of unbranched alkanes of at least 4 members (excludes halogenated alkanes) is 1. The molecule has 1 aromatic carbocycles. The number of hydrogen-bond acceptors (Lipinski definition) is 2. The molecule has 3 heteroatoms. The molecule has 2 nitrogen and oxygen atoms in total. The molecule has 0 bridgehead atoms. The molecule has 0 aromatic heterocycles. The number of hydrogen-bond donors (Lipinski definition) is 1. The van der Waals surface area contributed by atoms with Crippen molar-refractivity contribution in [2.75, 3.05) is 20.7 Å². The van der Waals surface area contributed by atoms with Gasteiger partial charge in [-0.15, -0.1) is 0 Å². The molecule has 0 amide bonds. The quantitative estimate of drug-likeness (QED) is 0.638. The normalized spacial score (nSPS) is 10.9. The average Bonchev–Trinajstić information content (AvgIpc) is 2.29. The summed E-state index contributed by atoms with van der Waals surface area (Å²) in [4.78, 5) is 0. The minimum absolute atomic E-state index is 0.935. The van der Waals surface area contributed by atoms with Crippen LogP contribution in [0, 0.1) is 3.57 Å². The molecule has 0 atom stereocenters. The smallest absolute Gasteiger partial charge is 0.126 e. The van der Waals surface area contributed by atoms with Gasteiger partial charge in [-0.25, -0.2) is 0 Å². The number of halogens is 1. The van der Waals surface area contributed by atoms with E-state index in [1.54, 1.807) is 7.11 Å². The van der Waals surface area contributed by atoms with Crippen LogP contribution in [0.25, 0.3) is 6.08 Å². The molecule has 16 heavy (non-hydrogen) atoms. The van der Waals surface area contributed by atoms with E-state index in [1.165, 1.54) is 9.99 Å². The molecule has 0 saturated heterocycles. The Morgan fingerprint density at radius 3 is 2.94 bits per heavy atom. The van der Waals surface area contributed by atoms with Crippen molar-refractivity contribution in [1.82, 2.24) is 5.32 Å². The lowest BCUT2D eigenvalue weighted by Gasteiger charge is -2.04. The van der Waals surface area contributed by atoms with E-state index < -0.39 is 0 Å². The van der Waals surface area contributed by atoms with Crippen molar-refractivity contribution in [2.24, 2.45) is 0 Å². The topological polar surface area (TPSA) is 21.3 Å². The second-order valence-electron chi connectivity index (χ2n) is 3.53. The Labute approximate surface area is 111 Å². The fourth-order valence-corrected chi connectivity index (χ4v) is 1.96. The van der Waals surface area contributed by atoms with E-state index in [2.05, 4.69) is 52.2 Å². The van der Waals surface area contributed by atoms with Crippen LogP contribution in [-0.4, -0.2) is 20.7 Å². The number of methoxy groups -OCH3 is 1. The largest absolute Gasteiger partial charge is 0.496 e. The first-order chi connectivity index (χ1) is 7.77. The summed E-state index contributed by atoms with van der Waals surface area (Å²) in [5.74, 6) is 0.935. The molecule has 0 spiro atoms. The van der Waals surface area contributed by atoms with Crippen LogP contribution in [0.15, 0.2) is 24.3 Å². The SMILES string of the molecule is CNCCC/C=C/c1cc(I)ccc1OC. The highest BCUT2D eigenvalue weighted by molar-refractivity contribution is 14.1. The molecule has 0 aliphatic rings. The Balaban J connectivity index is 2.60. The standard InChI is InChI=1S/C13H18INO/c1-15-9-5-3-4-6-11-10-12(14)7-8-13(11)16-2/h4,6-8,10,15H,3,5,9H2,1-2H3/b6-4+. The van der Waals surface area contributed by atoms with E-state index in [-0.39, 0.29) is 0 Å². The number of ether oxygens (including phenoxy) is 1. The first kappa shape index (κ1) is 13.5. The highest BCUT2D eigenvalue weighted by Gasteiger charge is 1.99. The lowest BCUT2D eigenvalue weighted by molar-refractivity contribution is 0.413. The second-order valence-corrected chi connectivity index (χ2v) is 4.78. The van der Waals surface area contributed by atoms with Crippen LogP contribution in [0.3, 0.4) is 0 Å². The van der Waals surface area contributed by atoms with Gasteiger partial charge in [0.15, 0.2) is 0 Å². The number of rotatable bonds is 6. The predicted molar refractivity (Wildman–Crippen MR) is 77.9 cm³/mol. The summed E-state index contributed by atoms with van der Waals surface area (Å²) in [5.41, 5.74) is 1.15. The monoisotopic (exact) mass is 331 g/mol. The fourth-order valence-electron chi connectivity index (χ4n) is 1.44. The van der Waals surface area contributed by atoms with Gasteiger partial charge in [-0.2, -0.15) is 0 Å². The van der Waals surface area contributed by atoms with Crippen molar-refractivity contribution >= 4 is 28.7 Å². The van der Waals surface area contributed by atoms with Crippen molar-refractivity contribution in [2.45, 2.75) is 12.8 Å². The molecule has 88 valence electrons. The summed E-state index contributed by atoms with van der Waals surface area (Å²) in [6.45, 7) is 1.06. The van der Waals surface area contributed by atoms with Gasteiger partial charge in [0, 0.05) is 9.13 Å². The van der Waals surface area contributed by atoms with Crippen LogP contribution in [0.4, 0.5) is 0 Å². The Bertz CT molecular complexity index is 350. The summed E-state index contributed by atoms with van der Waals surface area (Å²) >= 11 is 2.31. The van der Waals surface area contributed by atoms with Crippen LogP contribution >= 0.6 is 22.6 Å². The molecule has 0 fully saturated rings. The molecule has 0 heterocycles. The summed E-state index contributed by atoms with van der Waals surface area (Å²) < 4.78 is 6.54. The average molecular weight is 331 g/mol. The Morgan fingerprint density at radius 1 is 1.44 bits per heavy atom. The van der Waals surface area contributed by atoms with Crippen LogP contribution in [0.5, 0.6) is 5.75 Å². The van der Waals surface area contributed by atoms with Gasteiger partial charge in [-0.05, 0) is 67.2 Å². The lowest BCUT2D eigenvalue weighted by atomic mass is 10.1. The molecule has 0 unspecified atom stereocenters. The zero-order valence-corrected chi connectivity index (χ0v) is 12.0. The molecule has 0 aliphatic carbocycles. The fraction of sp³-hybridized carbons (Fsp3) is 0.385. The highest BCUT2D eigenvalue weighted by atomic mass is 127. The minimum atomic E-state index is 0.935. The number of nitrogens with one attached hydrogen (secondary N) is 1. The van der Waals surface area contributed by atoms with Gasteiger partial charge in [-0.3, -0.25) is 0 Å². The van der Waals surface area contributed by atoms with E-state index >= 15 is 0 Å². The van der Waals surface area contributed by atoms with Gasteiger partial charge in [0.2, 0.25) is 0 Å². The molecule has 0 aliphatic heterocycles. The second kappa shape index (κ2) is 7.68. The predicted octanol–water partition coefficient (Wildman–Crippen LogP) is 3.31. The lowest BCUT2D eigenvalue weighted by Crippen LogP contribution is -2.06. The molecule has 1 aromatic rings. The third kappa shape index (κ3) is 4.53. The first-order valence-electron chi connectivity index (χ1n) is 5.42. The van der Waals surface area contributed by atoms with Crippen molar-refractivity contribution in [3.8, 4) is 5.75 Å². The summed E-state index contributed by atoms with van der Waals surface area (Å²) in [6, 6.07) is 6.20. The third-order valence-electron chi connectivity index (χ3n) is 2.29. The molecular weight excluding hydrogens is 313 g/mol. The summed E-state index contributed by atoms with van der Waals surface area (Å²) in [6.07, 6.45) is 6.59. The molecule has 0 radical (unpaired) electrons. The molecule has 1 N–H and O–H groups in total. The van der Waals surface area contributed by atoms with E-state index in [0.29, 0.717) is 0 Å². The number of allylic oxidation sites excluding steroid dienone is 1. The van der Waals surface area contributed by atoms with Crippen molar-refractivity contribution < 1.29 is 4.74 Å². The zero-order chi connectivity index (χ0) is 11.8. The Morgan fingerprint density at radius 2 is 2.25 bits per heavy atom. The number of benzene rings is 1. The van der Waals surface area contributed by atoms with E-state index in [9.17, 15) is 0 Å². The summed E-state index contributed by atoms with van der Waals surface area (Å²) in [7, 11) is 3.69. The van der Waals surface area contributed by atoms with Crippen molar-refractivity contribution in [3.05, 3.63) is 33.4 Å². The molecule has 1 rings (SSSR count). The van der Waals surface area contributed by atoms with Crippen LogP contribution < -0.4 is 10.1 Å². The van der Waals surface area contributed by atoms with E-state index in [0.717, 1.165) is 24.3 Å². The van der Waals surface area contributed by atoms with Gasteiger partial charge in [0.05, 0.1) is 7.11 Å². The highest BCUT2D eigenvalue weighted by Crippen LogP contribution is 2.22. The van der Waals surface area contributed by atoms with Gasteiger partial charge in [0.25, 0.3) is 0 Å². The van der Waals surface area contributed by atoms with Crippen molar-refractivity contribution in [3.63, 3.8) is 0 Å². The molecular formula is C13H18INO. The van der Waals surface area contributed by atoms with E-state index in [4.69, 9.17) is 4.74 Å². The Hall–Kier alpha value is -0.550. The van der Waals surface area contributed by atoms with Gasteiger partial charge in [0.1, 0.15) is 5.75 Å². The first-order valence-corrected chi connectivity index (χ1v) is 6.50. The molecule has 0 saturated carbocycles. The van der Waals surface area contributed by atoms with Crippen LogP contribution in [0.2, 0.25) is 0 Å². The Kier molecular flexibility index (Phi) is 6.49. The maximum Gasteiger partial charge on any atom is 0.126 e. The van der Waals surface area contributed by atoms with Crippen molar-refractivity contribution in [1.29, 1.82) is 0 Å². The summed E-state index contributed by atoms with van der Waals surface area (Å²) in [5, 5.41) is 3.14. The zero-order valence-electron chi connectivity index (χ0n) is 9.79. The maximum atomic E-state index is 5.31. The van der Waals surface area contributed by atoms with Gasteiger partial charge < -0.3 is 10.1 Å². The third-order valence-corrected chi connectivity index (χ3v) is 2.96. The maximum absolute atomic E-state index is 5.31. The van der Waals surface area contributed by atoms with E-state index in [1.807, 2.05) is 13.1 Å². The van der Waals surface area contributed by atoms with Crippen LogP contribution in [0.1, 0.15) is 18.4 Å².